The first-order chi connectivity index (χ1) is 22.0. The highest BCUT2D eigenvalue weighted by Crippen LogP contribution is 2.42. The lowest BCUT2D eigenvalue weighted by Gasteiger charge is -2.38. The van der Waals surface area contributed by atoms with Gasteiger partial charge in [-0.2, -0.15) is 0 Å². The number of alkyl halides is 2. The van der Waals surface area contributed by atoms with Gasteiger partial charge in [0, 0.05) is 37.2 Å². The predicted octanol–water partition coefficient (Wildman–Crippen LogP) is 10.9. The number of amides is 2. The number of rotatable bonds is 12. The van der Waals surface area contributed by atoms with Crippen LogP contribution in [-0.2, 0) is 28.7 Å². The highest BCUT2D eigenvalue weighted by Gasteiger charge is 2.45. The second-order valence-electron chi connectivity index (χ2n) is 15.3. The fourth-order valence-electron chi connectivity index (χ4n) is 7.49. The van der Waals surface area contributed by atoms with Gasteiger partial charge in [0.05, 0.1) is 18.5 Å². The topological polar surface area (TPSA) is 93.2 Å². The van der Waals surface area contributed by atoms with E-state index in [2.05, 4.69) is 70.9 Å². The van der Waals surface area contributed by atoms with E-state index < -0.39 is 14.1 Å². The minimum atomic E-state index is -0.854. The molecule has 304 valence electrons. The lowest BCUT2D eigenvalue weighted by Crippen LogP contribution is -2.48. The van der Waals surface area contributed by atoms with Crippen molar-refractivity contribution in [2.24, 2.45) is 29.1 Å². The van der Waals surface area contributed by atoms with Crippen LogP contribution in [0.1, 0.15) is 149 Å². The van der Waals surface area contributed by atoms with E-state index in [0.29, 0.717) is 35.9 Å². The number of methoxy groups -OCH3 is 2. The van der Waals surface area contributed by atoms with Gasteiger partial charge in [0.2, 0.25) is 11.8 Å². The molecule has 51 heavy (non-hydrogen) atoms. The third-order valence-corrected chi connectivity index (χ3v) is 11.3. The summed E-state index contributed by atoms with van der Waals surface area (Å²) in [5.41, 5.74) is -0.202. The van der Waals surface area contributed by atoms with Crippen LogP contribution in [0.15, 0.2) is 12.2 Å². The molecule has 2 aliphatic carbocycles. The number of hydrogen-bond donors (Lipinski definition) is 0. The minimum Gasteiger partial charge on any atom is -0.468 e. The Morgan fingerprint density at radius 1 is 0.686 bits per heavy atom. The van der Waals surface area contributed by atoms with Crippen molar-refractivity contribution in [3.05, 3.63) is 12.2 Å². The van der Waals surface area contributed by atoms with Crippen LogP contribution in [0.3, 0.4) is 0 Å². The first-order valence-corrected chi connectivity index (χ1v) is 19.3. The molecule has 0 radical (unpaired) electrons. The Morgan fingerprint density at radius 3 is 1.31 bits per heavy atom. The van der Waals surface area contributed by atoms with Crippen LogP contribution in [0.25, 0.3) is 0 Å². The van der Waals surface area contributed by atoms with Crippen molar-refractivity contribution in [1.29, 1.82) is 0 Å². The summed E-state index contributed by atoms with van der Waals surface area (Å²) in [7, 11) is 6.60. The molecule has 0 aliphatic heterocycles. The molecular formula is C41H80Br2N2O6. The van der Waals surface area contributed by atoms with Crippen molar-refractivity contribution in [3.63, 3.8) is 0 Å². The van der Waals surface area contributed by atoms with E-state index in [9.17, 15) is 19.2 Å². The maximum atomic E-state index is 13.1. The highest BCUT2D eigenvalue weighted by atomic mass is 79.9. The molecule has 0 heterocycles. The smallest absolute Gasteiger partial charge is 0.332 e. The summed E-state index contributed by atoms with van der Waals surface area (Å²) in [6, 6.07) is 0.751. The zero-order chi connectivity index (χ0) is 37.8. The molecule has 0 aromatic rings. The van der Waals surface area contributed by atoms with Crippen LogP contribution in [0.2, 0.25) is 0 Å². The van der Waals surface area contributed by atoms with Crippen molar-refractivity contribution >= 4 is 55.6 Å². The number of halogens is 2. The first-order valence-electron chi connectivity index (χ1n) is 17.7. The highest BCUT2D eigenvalue weighted by molar-refractivity contribution is 9.10. The van der Waals surface area contributed by atoms with Gasteiger partial charge in [0.25, 0.3) is 0 Å². The Morgan fingerprint density at radius 2 is 1.06 bits per heavy atom. The van der Waals surface area contributed by atoms with Crippen LogP contribution in [0.4, 0.5) is 0 Å². The van der Waals surface area contributed by atoms with E-state index in [1.54, 1.807) is 13.8 Å². The van der Waals surface area contributed by atoms with E-state index >= 15 is 0 Å². The Labute approximate surface area is 332 Å². The van der Waals surface area contributed by atoms with Gasteiger partial charge in [0.1, 0.15) is 4.32 Å². The number of hydrogen-bond acceptors (Lipinski definition) is 6. The van der Waals surface area contributed by atoms with Crippen molar-refractivity contribution in [3.8, 4) is 0 Å². The lowest BCUT2D eigenvalue weighted by atomic mass is 9.81. The number of carbonyl (C=O) groups excluding carboxylic acids is 4. The summed E-state index contributed by atoms with van der Waals surface area (Å²) in [5, 5.41) is 0. The van der Waals surface area contributed by atoms with Gasteiger partial charge in [-0.3, -0.25) is 14.4 Å². The molecule has 2 amide bonds. The zero-order valence-electron chi connectivity index (χ0n) is 32.6. The molecule has 10 heteroatoms. The minimum absolute atomic E-state index is 0. The van der Waals surface area contributed by atoms with Gasteiger partial charge < -0.3 is 19.3 Å². The van der Waals surface area contributed by atoms with E-state index in [1.807, 2.05) is 51.6 Å². The van der Waals surface area contributed by atoms with Crippen LogP contribution in [0.5, 0.6) is 0 Å². The third-order valence-electron chi connectivity index (χ3n) is 10.4. The molecule has 0 spiro atoms. The van der Waals surface area contributed by atoms with Crippen molar-refractivity contribution in [2.75, 3.05) is 28.3 Å². The maximum absolute atomic E-state index is 13.1. The quantitative estimate of drug-likeness (QED) is 0.110. The molecule has 7 unspecified atom stereocenters. The zero-order valence-corrected chi connectivity index (χ0v) is 35.8. The van der Waals surface area contributed by atoms with Gasteiger partial charge in [0.15, 0.2) is 0 Å². The lowest BCUT2D eigenvalue weighted by molar-refractivity contribution is -0.147. The van der Waals surface area contributed by atoms with Gasteiger partial charge in [-0.25, -0.2) is 4.79 Å². The summed E-state index contributed by atoms with van der Waals surface area (Å²) in [6.07, 6.45) is 9.89. The van der Waals surface area contributed by atoms with Crippen LogP contribution in [-0.4, -0.2) is 82.6 Å². The van der Waals surface area contributed by atoms with E-state index in [-0.39, 0.29) is 46.0 Å². The van der Waals surface area contributed by atoms with Crippen molar-refractivity contribution in [1.82, 2.24) is 9.80 Å². The molecule has 0 aromatic carbocycles. The molecule has 2 saturated carbocycles. The molecule has 2 aliphatic rings. The average Bonchev–Trinajstić information content (AvgIpc) is 3.66. The standard InChI is InChI=1S/C19H34BrNO3.C14H26BrNO.C5H8O2.3CH4/c1-8-13-10-14(9-2)15(11-13)21(6)16(22)18(3,4)12-19(5,20)17(23)24-7;1-6-10-8-11(7-2)12(9-10)16(5)13(17)14(3,4)15;1-4(2)5(6)7-3;;;/h13-15H,8-12H2,1-7H3;10-12H,6-9H2,1-5H3;1H2,2-3H3;3*1H4. The average molecular weight is 857 g/mol. The SMILES string of the molecule is C.C.C.C=C(C)C(=O)OC.CCC1CC(CC)C(N(C)C(=O)C(C)(C)Br)C1.CCC1CC(CC)C(N(C)C(=O)C(C)(C)CC(C)(Br)C(=O)OC)C1. The van der Waals surface area contributed by atoms with E-state index in [4.69, 9.17) is 4.74 Å². The van der Waals surface area contributed by atoms with E-state index in [0.717, 1.165) is 24.7 Å². The van der Waals surface area contributed by atoms with Gasteiger partial charge in [-0.05, 0) is 83.5 Å². The molecule has 2 rings (SSSR count). The summed E-state index contributed by atoms with van der Waals surface area (Å²) >= 11 is 6.92. The van der Waals surface area contributed by atoms with E-state index in [1.165, 1.54) is 52.7 Å². The number of carbonyl (C=O) groups is 4. The van der Waals surface area contributed by atoms with Gasteiger partial charge in [-0.1, -0.05) is 128 Å². The van der Waals surface area contributed by atoms with Crippen molar-refractivity contribution < 1.29 is 28.7 Å². The monoisotopic (exact) mass is 854 g/mol. The Balaban J connectivity index is -0.000000358. The van der Waals surface area contributed by atoms with Crippen LogP contribution < -0.4 is 0 Å². The Bertz CT molecular complexity index is 1070. The summed E-state index contributed by atoms with van der Waals surface area (Å²) < 4.78 is 7.83. The third kappa shape index (κ3) is 17.1. The summed E-state index contributed by atoms with van der Waals surface area (Å²) in [6.45, 7) is 23.4. The molecular weight excluding hydrogens is 776 g/mol. The molecule has 0 aromatic heterocycles. The molecule has 8 nitrogen and oxygen atoms in total. The molecule has 0 N–H and O–H groups in total. The summed E-state index contributed by atoms with van der Waals surface area (Å²) in [5.74, 6) is 2.41. The number of nitrogens with zero attached hydrogens (tertiary/aromatic N) is 2. The Kier molecular flexibility index (Phi) is 27.4. The number of esters is 2. The molecule has 0 saturated heterocycles. The van der Waals surface area contributed by atoms with Crippen LogP contribution in [0, 0.1) is 29.1 Å². The first kappa shape index (κ1) is 56.3. The predicted molar refractivity (Wildman–Crippen MR) is 224 cm³/mol. The molecule has 2 fully saturated rings. The summed E-state index contributed by atoms with van der Waals surface area (Å²) in [4.78, 5) is 51.5. The molecule has 0 bridgehead atoms. The Hall–Kier alpha value is -1.42. The fraction of sp³-hybridized carbons (Fsp3) is 0.854. The van der Waals surface area contributed by atoms with Gasteiger partial charge >= 0.3 is 11.9 Å². The molecule has 7 atom stereocenters. The second-order valence-corrected chi connectivity index (χ2v) is 19.0. The normalized spacial score (nSPS) is 23.5. The van der Waals surface area contributed by atoms with Crippen molar-refractivity contribution in [2.45, 2.75) is 170 Å². The van der Waals surface area contributed by atoms with Crippen LogP contribution >= 0.6 is 31.9 Å². The van der Waals surface area contributed by atoms with Gasteiger partial charge in [-0.15, -0.1) is 0 Å². The maximum Gasteiger partial charge on any atom is 0.332 e. The largest absolute Gasteiger partial charge is 0.468 e. The number of ether oxygens (including phenoxy) is 2. The fourth-order valence-corrected chi connectivity index (χ4v) is 8.63. The second kappa shape index (κ2) is 24.8.